The Morgan fingerprint density at radius 2 is 0.750 bits per heavy atom. The van der Waals surface area contributed by atoms with Crippen molar-refractivity contribution in [3.05, 3.63) is 0 Å². The zero-order valence-corrected chi connectivity index (χ0v) is 8.38. The molecule has 0 aromatic carbocycles. The maximum Gasteiger partial charge on any atom is 3.00 e. The first kappa shape index (κ1) is 34.9. The minimum Gasteiger partial charge on any atom is -2.00 e. The van der Waals surface area contributed by atoms with Crippen LogP contribution in [0, 0.1) is 41.7 Å². The van der Waals surface area contributed by atoms with Crippen molar-refractivity contribution in [3.8, 4) is 0 Å². The molecule has 0 aromatic rings. The molecular weight excluding hydrogens is 381 g/mol. The van der Waals surface area contributed by atoms with Crippen molar-refractivity contribution < 1.29 is 52.7 Å². The Labute approximate surface area is 77.5 Å². The van der Waals surface area contributed by atoms with Gasteiger partial charge in [0.05, 0.1) is 0 Å². The van der Waals surface area contributed by atoms with Gasteiger partial charge in [0.1, 0.15) is 0 Å². The topological polar surface area (TPSA) is 57.0 Å². The van der Waals surface area contributed by atoms with Crippen LogP contribution in [-0.4, -0.2) is 26.2 Å². The molecule has 4 heteroatoms. The van der Waals surface area contributed by atoms with Gasteiger partial charge < -0.3 is 11.0 Å². The molecule has 0 N–H and O–H groups in total. The van der Waals surface area contributed by atoms with E-state index in [4.69, 9.17) is 0 Å². The van der Waals surface area contributed by atoms with Crippen LogP contribution in [0.4, 0.5) is 0 Å². The normalized spacial score (nSPS) is 0. The van der Waals surface area contributed by atoms with E-state index in [1.54, 1.807) is 0 Å². The summed E-state index contributed by atoms with van der Waals surface area (Å²) in [6.45, 7) is 0. The van der Waals surface area contributed by atoms with Gasteiger partial charge in [-0.05, 0) is 0 Å². The van der Waals surface area contributed by atoms with Gasteiger partial charge >= 0.3 is 68.0 Å². The molecule has 19 valence electrons. The smallest absolute Gasteiger partial charge is 2.00 e. The summed E-state index contributed by atoms with van der Waals surface area (Å²) in [4.78, 5) is 0. The Kier molecular flexibility index (Phi) is 166. The van der Waals surface area contributed by atoms with Crippen LogP contribution < -0.4 is 0 Å². The third-order valence-corrected chi connectivity index (χ3v) is 0. The average Bonchev–Trinajstić information content (AvgIpc) is 0. The van der Waals surface area contributed by atoms with Gasteiger partial charge in [-0.25, -0.2) is 0 Å². The van der Waals surface area contributed by atoms with Crippen LogP contribution in [0.15, 0.2) is 0 Å². The molecule has 4 heavy (non-hydrogen) atoms. The summed E-state index contributed by atoms with van der Waals surface area (Å²) >= 11 is 0. The third kappa shape index (κ3) is 8.89. The van der Waals surface area contributed by atoms with Crippen molar-refractivity contribution in [3.63, 3.8) is 0 Å². The van der Waals surface area contributed by atoms with Gasteiger partial charge in [0.25, 0.3) is 0 Å². The first-order valence-electron chi connectivity index (χ1n) is 0. The summed E-state index contributed by atoms with van der Waals surface area (Å²) < 4.78 is 0. The minimum atomic E-state index is 0. The molecule has 0 saturated heterocycles. The van der Waals surface area contributed by atoms with Crippen LogP contribution in [0.2, 0.25) is 0 Å². The molecule has 0 saturated carbocycles. The first-order valence-corrected chi connectivity index (χ1v) is 0. The molecular formula is BiCeO2+2. The van der Waals surface area contributed by atoms with Gasteiger partial charge in [0, 0.05) is 0 Å². The second-order valence-electron chi connectivity index (χ2n) is 0. The molecule has 0 fully saturated rings. The Balaban J connectivity index is 0. The van der Waals surface area contributed by atoms with E-state index in [-0.39, 0.29) is 78.9 Å². The van der Waals surface area contributed by atoms with Gasteiger partial charge in [-0.1, -0.05) is 0 Å². The van der Waals surface area contributed by atoms with Gasteiger partial charge in [-0.2, -0.15) is 0 Å². The monoisotopic (exact) mass is 381 g/mol. The van der Waals surface area contributed by atoms with Crippen LogP contribution in [0.1, 0.15) is 0 Å². The number of hydrogen-bond donors (Lipinski definition) is 0. The first-order chi connectivity index (χ1) is 0. The predicted octanol–water partition coefficient (Wildman–Crippen LogP) is -0.618. The van der Waals surface area contributed by atoms with Crippen molar-refractivity contribution in [2.75, 3.05) is 0 Å². The molecule has 0 unspecified atom stereocenters. The number of hydrogen-bond acceptors (Lipinski definition) is 0. The Morgan fingerprint density at radius 3 is 0.750 bits per heavy atom. The Morgan fingerprint density at radius 1 is 0.750 bits per heavy atom. The van der Waals surface area contributed by atoms with Gasteiger partial charge in [-0.3, -0.25) is 0 Å². The quantitative estimate of drug-likeness (QED) is 0.503. The van der Waals surface area contributed by atoms with Crippen molar-refractivity contribution in [2.45, 2.75) is 0 Å². The molecule has 0 bridgehead atoms. The van der Waals surface area contributed by atoms with Gasteiger partial charge in [0.15, 0.2) is 0 Å². The van der Waals surface area contributed by atoms with Crippen molar-refractivity contribution >= 4 is 26.2 Å². The number of rotatable bonds is 0. The fraction of sp³-hybridized carbons (Fsp3) is 0. The molecule has 0 aromatic heterocycles. The van der Waals surface area contributed by atoms with Crippen LogP contribution in [0.5, 0.6) is 0 Å². The van der Waals surface area contributed by atoms with E-state index in [1.165, 1.54) is 0 Å². The third-order valence-electron chi connectivity index (χ3n) is 0. The Hall–Kier alpha value is 2.18. The second kappa shape index (κ2) is 19.0. The van der Waals surface area contributed by atoms with Crippen LogP contribution in [-0.2, 0) is 11.0 Å². The largest absolute Gasteiger partial charge is 3.00 e. The molecule has 2 nitrogen and oxygen atoms in total. The molecule has 0 aliphatic rings. The minimum absolute atomic E-state index is 0. The predicted molar refractivity (Wildman–Crippen MR) is 7.13 cm³/mol. The Bertz CT molecular complexity index is 6.00. The molecule has 0 aliphatic carbocycles. The molecule has 0 atom stereocenters. The molecule has 3 radical (unpaired) electrons. The fourth-order valence-corrected chi connectivity index (χ4v) is 0. The van der Waals surface area contributed by atoms with Crippen molar-refractivity contribution in [1.82, 2.24) is 0 Å². The van der Waals surface area contributed by atoms with Crippen molar-refractivity contribution in [1.29, 1.82) is 0 Å². The standard InChI is InChI=1S/Bi.Ce.2O/q2*+3;2*-2. The van der Waals surface area contributed by atoms with Crippen LogP contribution >= 0.6 is 0 Å². The van der Waals surface area contributed by atoms with Crippen molar-refractivity contribution in [2.24, 2.45) is 0 Å². The molecule has 0 spiro atoms. The summed E-state index contributed by atoms with van der Waals surface area (Å²) in [6, 6.07) is 0. The van der Waals surface area contributed by atoms with E-state index >= 15 is 0 Å². The van der Waals surface area contributed by atoms with Crippen LogP contribution in [0.3, 0.4) is 0 Å². The maximum atomic E-state index is 0. The molecule has 0 aliphatic heterocycles. The average molecular weight is 381 g/mol. The zero-order chi connectivity index (χ0) is 0. The maximum absolute atomic E-state index is 0. The van der Waals surface area contributed by atoms with E-state index in [1.807, 2.05) is 0 Å². The zero-order valence-electron chi connectivity index (χ0n) is 1.76. The summed E-state index contributed by atoms with van der Waals surface area (Å²) in [5.74, 6) is 0. The van der Waals surface area contributed by atoms with E-state index in [0.29, 0.717) is 0 Å². The molecule has 0 heterocycles. The van der Waals surface area contributed by atoms with E-state index in [9.17, 15) is 0 Å². The fourth-order valence-electron chi connectivity index (χ4n) is 0. The van der Waals surface area contributed by atoms with E-state index in [0.717, 1.165) is 0 Å². The molecule has 0 amide bonds. The summed E-state index contributed by atoms with van der Waals surface area (Å²) in [7, 11) is 0. The van der Waals surface area contributed by atoms with E-state index in [2.05, 4.69) is 0 Å². The van der Waals surface area contributed by atoms with Gasteiger partial charge in [-0.15, -0.1) is 0 Å². The van der Waals surface area contributed by atoms with Gasteiger partial charge in [0.2, 0.25) is 0 Å². The summed E-state index contributed by atoms with van der Waals surface area (Å²) in [6.07, 6.45) is 0. The SMILES string of the molecule is [Bi+3].[Ce+3].[O-2].[O-2]. The summed E-state index contributed by atoms with van der Waals surface area (Å²) in [5.41, 5.74) is 0. The van der Waals surface area contributed by atoms with Crippen LogP contribution in [0.25, 0.3) is 0 Å². The molecule has 0 rings (SSSR count). The van der Waals surface area contributed by atoms with E-state index < -0.39 is 0 Å². The second-order valence-corrected chi connectivity index (χ2v) is 0. The summed E-state index contributed by atoms with van der Waals surface area (Å²) in [5, 5.41) is 0.